The van der Waals surface area contributed by atoms with Gasteiger partial charge in [-0.1, -0.05) is 29.8 Å². The van der Waals surface area contributed by atoms with Crippen molar-refractivity contribution in [2.24, 2.45) is 0 Å². The summed E-state index contributed by atoms with van der Waals surface area (Å²) in [5.74, 6) is 0.741. The van der Waals surface area contributed by atoms with Crippen molar-refractivity contribution in [2.45, 2.75) is 51.2 Å². The minimum Gasteiger partial charge on any atom is -0.310 e. The van der Waals surface area contributed by atoms with Gasteiger partial charge < -0.3 is 5.32 Å². The largest absolute Gasteiger partial charge is 0.310 e. The van der Waals surface area contributed by atoms with Crippen LogP contribution in [0.5, 0.6) is 0 Å². The molecule has 1 atom stereocenters. The summed E-state index contributed by atoms with van der Waals surface area (Å²) >= 11 is 0. The predicted octanol–water partition coefficient (Wildman–Crippen LogP) is 3.12. The molecule has 1 N–H and O–H groups in total. The van der Waals surface area contributed by atoms with Gasteiger partial charge in [0.15, 0.2) is 0 Å². The van der Waals surface area contributed by atoms with E-state index in [2.05, 4.69) is 48.5 Å². The molecule has 20 heavy (non-hydrogen) atoms. The van der Waals surface area contributed by atoms with Crippen LogP contribution < -0.4 is 5.32 Å². The Bertz CT molecular complexity index is 524. The number of nitrogens with zero attached hydrogens (tertiary/aromatic N) is 2. The molecule has 1 aliphatic carbocycles. The topological polar surface area (TPSA) is 29.9 Å². The average Bonchev–Trinajstić information content (AvgIpc) is 2.87. The predicted molar refractivity (Wildman–Crippen MR) is 81.8 cm³/mol. The van der Waals surface area contributed by atoms with Gasteiger partial charge in [-0.05, 0) is 44.2 Å². The summed E-state index contributed by atoms with van der Waals surface area (Å²) < 4.78 is 1.99. The van der Waals surface area contributed by atoms with Crippen LogP contribution in [0.25, 0.3) is 0 Å². The lowest BCUT2D eigenvalue weighted by atomic mass is 9.75. The van der Waals surface area contributed by atoms with E-state index in [1.54, 1.807) is 0 Å². The molecule has 1 unspecified atom stereocenters. The summed E-state index contributed by atoms with van der Waals surface area (Å²) in [5.41, 5.74) is 2.84. The zero-order valence-corrected chi connectivity index (χ0v) is 12.3. The first-order valence-corrected chi connectivity index (χ1v) is 7.51. The second-order valence-corrected chi connectivity index (χ2v) is 6.07. The second-order valence-electron chi connectivity index (χ2n) is 6.07. The van der Waals surface area contributed by atoms with Crippen molar-refractivity contribution in [3.63, 3.8) is 0 Å². The Kier molecular flexibility index (Phi) is 3.88. The van der Waals surface area contributed by atoms with Crippen molar-refractivity contribution in [1.29, 1.82) is 0 Å². The van der Waals surface area contributed by atoms with Gasteiger partial charge in [0.2, 0.25) is 0 Å². The quantitative estimate of drug-likeness (QED) is 0.904. The van der Waals surface area contributed by atoms with Gasteiger partial charge >= 0.3 is 0 Å². The highest BCUT2D eigenvalue weighted by molar-refractivity contribution is 5.26. The molecule has 0 saturated heterocycles. The molecule has 106 valence electrons. The van der Waals surface area contributed by atoms with Crippen LogP contribution in [-0.2, 0) is 6.54 Å². The van der Waals surface area contributed by atoms with E-state index < -0.39 is 0 Å². The molecule has 0 aliphatic heterocycles. The van der Waals surface area contributed by atoms with E-state index in [9.17, 15) is 0 Å². The van der Waals surface area contributed by atoms with E-state index in [-0.39, 0.29) is 0 Å². The first-order valence-electron chi connectivity index (χ1n) is 7.51. The number of benzene rings is 1. The molecular weight excluding hydrogens is 246 g/mol. The number of rotatable bonds is 5. The molecule has 3 rings (SSSR count). The first-order chi connectivity index (χ1) is 9.70. The lowest BCUT2D eigenvalue weighted by molar-refractivity contribution is 0.258. The summed E-state index contributed by atoms with van der Waals surface area (Å²) in [6.07, 6.45) is 6.37. The zero-order valence-electron chi connectivity index (χ0n) is 12.3. The zero-order chi connectivity index (χ0) is 13.9. The van der Waals surface area contributed by atoms with Gasteiger partial charge in [0.1, 0.15) is 0 Å². The lowest BCUT2D eigenvalue weighted by Gasteiger charge is -2.38. The normalized spacial score (nSPS) is 23.3. The SMILES string of the molecule is Cc1ccc(C2CC(NC(C)Cn3cccn3)C2)cc1. The third kappa shape index (κ3) is 3.10. The van der Waals surface area contributed by atoms with Crippen molar-refractivity contribution in [3.05, 3.63) is 53.9 Å². The molecule has 1 heterocycles. The minimum absolute atomic E-state index is 0.471. The van der Waals surface area contributed by atoms with Crippen LogP contribution in [0.4, 0.5) is 0 Å². The molecular formula is C17H23N3. The van der Waals surface area contributed by atoms with Crippen molar-refractivity contribution in [3.8, 4) is 0 Å². The lowest BCUT2D eigenvalue weighted by Crippen LogP contribution is -2.45. The van der Waals surface area contributed by atoms with Gasteiger partial charge in [-0.2, -0.15) is 5.10 Å². The fourth-order valence-electron chi connectivity index (χ4n) is 3.01. The molecule has 3 heteroatoms. The summed E-state index contributed by atoms with van der Waals surface area (Å²) in [5, 5.41) is 7.96. The van der Waals surface area contributed by atoms with E-state index >= 15 is 0 Å². The van der Waals surface area contributed by atoms with Crippen LogP contribution >= 0.6 is 0 Å². The molecule has 1 fully saturated rings. The van der Waals surface area contributed by atoms with Crippen molar-refractivity contribution in [2.75, 3.05) is 0 Å². The Morgan fingerprint density at radius 1 is 1.30 bits per heavy atom. The van der Waals surface area contributed by atoms with E-state index in [1.807, 2.05) is 23.1 Å². The second kappa shape index (κ2) is 5.80. The smallest absolute Gasteiger partial charge is 0.0560 e. The fourth-order valence-corrected chi connectivity index (χ4v) is 3.01. The maximum absolute atomic E-state index is 4.25. The van der Waals surface area contributed by atoms with Crippen LogP contribution in [0, 0.1) is 6.92 Å². The highest BCUT2D eigenvalue weighted by Crippen LogP contribution is 2.37. The summed E-state index contributed by atoms with van der Waals surface area (Å²) in [6.45, 7) is 5.32. The summed E-state index contributed by atoms with van der Waals surface area (Å²) in [6, 6.07) is 12.1. The molecule has 1 aromatic carbocycles. The standard InChI is InChI=1S/C17H23N3/c1-13-4-6-15(7-5-13)16-10-17(11-16)19-14(2)12-20-9-3-8-18-20/h3-9,14,16-17,19H,10-12H2,1-2H3. The Morgan fingerprint density at radius 3 is 2.70 bits per heavy atom. The van der Waals surface area contributed by atoms with Crippen LogP contribution in [0.2, 0.25) is 0 Å². The van der Waals surface area contributed by atoms with Crippen LogP contribution in [0.15, 0.2) is 42.7 Å². The molecule has 0 radical (unpaired) electrons. The third-order valence-electron chi connectivity index (χ3n) is 4.23. The van der Waals surface area contributed by atoms with Crippen LogP contribution in [0.3, 0.4) is 0 Å². The Morgan fingerprint density at radius 2 is 2.05 bits per heavy atom. The van der Waals surface area contributed by atoms with Gasteiger partial charge in [0, 0.05) is 24.5 Å². The molecule has 0 spiro atoms. The molecule has 1 aromatic heterocycles. The van der Waals surface area contributed by atoms with E-state index in [0.29, 0.717) is 12.1 Å². The fraction of sp³-hybridized carbons (Fsp3) is 0.471. The van der Waals surface area contributed by atoms with Crippen LogP contribution in [-0.4, -0.2) is 21.9 Å². The minimum atomic E-state index is 0.471. The summed E-state index contributed by atoms with van der Waals surface area (Å²) in [7, 11) is 0. The number of hydrogen-bond donors (Lipinski definition) is 1. The third-order valence-corrected chi connectivity index (χ3v) is 4.23. The van der Waals surface area contributed by atoms with Crippen molar-refractivity contribution in [1.82, 2.24) is 15.1 Å². The maximum atomic E-state index is 4.25. The highest BCUT2D eigenvalue weighted by atomic mass is 15.3. The average molecular weight is 269 g/mol. The van der Waals surface area contributed by atoms with E-state index in [4.69, 9.17) is 0 Å². The Labute approximate surface area is 121 Å². The molecule has 0 amide bonds. The number of aromatic nitrogens is 2. The molecule has 1 saturated carbocycles. The first kappa shape index (κ1) is 13.4. The van der Waals surface area contributed by atoms with Gasteiger partial charge in [-0.25, -0.2) is 0 Å². The monoisotopic (exact) mass is 269 g/mol. The summed E-state index contributed by atoms with van der Waals surface area (Å²) in [4.78, 5) is 0. The van der Waals surface area contributed by atoms with Crippen molar-refractivity contribution >= 4 is 0 Å². The number of aryl methyl sites for hydroxylation is 1. The van der Waals surface area contributed by atoms with E-state index in [0.717, 1.165) is 12.5 Å². The highest BCUT2D eigenvalue weighted by Gasteiger charge is 2.30. The Hall–Kier alpha value is -1.61. The van der Waals surface area contributed by atoms with Crippen LogP contribution in [0.1, 0.15) is 36.8 Å². The number of nitrogens with one attached hydrogen (secondary N) is 1. The Balaban J connectivity index is 1.45. The van der Waals surface area contributed by atoms with Gasteiger partial charge in [-0.15, -0.1) is 0 Å². The van der Waals surface area contributed by atoms with Crippen molar-refractivity contribution < 1.29 is 0 Å². The molecule has 0 bridgehead atoms. The number of hydrogen-bond acceptors (Lipinski definition) is 2. The molecule has 3 nitrogen and oxygen atoms in total. The van der Waals surface area contributed by atoms with Gasteiger partial charge in [0.05, 0.1) is 6.54 Å². The van der Waals surface area contributed by atoms with Gasteiger partial charge in [0.25, 0.3) is 0 Å². The molecule has 2 aromatic rings. The van der Waals surface area contributed by atoms with E-state index in [1.165, 1.54) is 24.0 Å². The van der Waals surface area contributed by atoms with Gasteiger partial charge in [-0.3, -0.25) is 4.68 Å². The maximum Gasteiger partial charge on any atom is 0.0560 e. The molecule has 1 aliphatic rings.